The Kier molecular flexibility index (Phi) is 4.00. The van der Waals surface area contributed by atoms with Gasteiger partial charge in [0.1, 0.15) is 0 Å². The first-order chi connectivity index (χ1) is 9.22. The van der Waals surface area contributed by atoms with Gasteiger partial charge in [-0.05, 0) is 0 Å². The van der Waals surface area contributed by atoms with Gasteiger partial charge in [-0.25, -0.2) is 0 Å². The van der Waals surface area contributed by atoms with Crippen molar-refractivity contribution in [2.24, 2.45) is 0 Å². The second-order valence-corrected chi connectivity index (χ2v) is 3.38. The van der Waals surface area contributed by atoms with Gasteiger partial charge in [0.2, 0.25) is 23.7 Å². The van der Waals surface area contributed by atoms with Gasteiger partial charge < -0.3 is 33.1 Å². The minimum absolute atomic E-state index is 0.156. The number of aromatic hydroxyl groups is 2. The van der Waals surface area contributed by atoms with E-state index in [0.29, 0.717) is 0 Å². The van der Waals surface area contributed by atoms with Crippen LogP contribution >= 0.6 is 0 Å². The molecule has 12 nitrogen and oxygen atoms in total. The number of rotatable bonds is 0. The summed E-state index contributed by atoms with van der Waals surface area (Å²) in [5.74, 6) is -1.39. The Balaban J connectivity index is 0.000000200. The zero-order chi connectivity index (χ0) is 15.4. The highest BCUT2D eigenvalue weighted by Gasteiger charge is 2.03. The number of nitrogens with two attached hydrogens (primary N) is 4. The van der Waals surface area contributed by atoms with E-state index < -0.39 is 22.9 Å². The van der Waals surface area contributed by atoms with Gasteiger partial charge in [0.25, 0.3) is 11.1 Å². The van der Waals surface area contributed by atoms with Crippen LogP contribution in [0.5, 0.6) is 11.8 Å². The van der Waals surface area contributed by atoms with Crippen LogP contribution in [0.1, 0.15) is 0 Å². The number of H-pyrrole nitrogens is 2. The third-order valence-electron chi connectivity index (χ3n) is 1.91. The van der Waals surface area contributed by atoms with Gasteiger partial charge in [0.15, 0.2) is 11.4 Å². The van der Waals surface area contributed by atoms with Crippen LogP contribution in [0.3, 0.4) is 0 Å². The molecule has 0 aliphatic rings. The first-order valence-electron chi connectivity index (χ1n) is 4.90. The fourth-order valence-electron chi connectivity index (χ4n) is 0.975. The molecule has 0 amide bonds. The lowest BCUT2D eigenvalue weighted by Crippen LogP contribution is -2.14. The summed E-state index contributed by atoms with van der Waals surface area (Å²) in [4.78, 5) is 32.0. The smallest absolute Gasteiger partial charge is 0.279 e. The zero-order valence-electron chi connectivity index (χ0n) is 9.91. The molecular formula is C8H12N8O4. The van der Waals surface area contributed by atoms with E-state index in [-0.39, 0.29) is 23.3 Å². The Bertz CT molecular complexity index is 673. The van der Waals surface area contributed by atoms with E-state index in [1.807, 2.05) is 0 Å². The van der Waals surface area contributed by atoms with Crippen LogP contribution in [-0.4, -0.2) is 30.1 Å². The summed E-state index contributed by atoms with van der Waals surface area (Å²) in [6.45, 7) is 0. The lowest BCUT2D eigenvalue weighted by molar-refractivity contribution is 0.454. The molecule has 2 heterocycles. The topological polar surface area (TPSA) is 236 Å². The summed E-state index contributed by atoms with van der Waals surface area (Å²) in [6, 6.07) is 0. The Morgan fingerprint density at radius 2 is 1.05 bits per heavy atom. The molecule has 0 saturated heterocycles. The van der Waals surface area contributed by atoms with Crippen molar-refractivity contribution in [1.82, 2.24) is 19.9 Å². The van der Waals surface area contributed by atoms with Gasteiger partial charge in [-0.2, -0.15) is 9.97 Å². The van der Waals surface area contributed by atoms with Crippen molar-refractivity contribution in [2.75, 3.05) is 22.9 Å². The molecular weight excluding hydrogens is 272 g/mol. The number of anilines is 4. The molecule has 0 radical (unpaired) electrons. The lowest BCUT2D eigenvalue weighted by atomic mass is 10.5. The van der Waals surface area contributed by atoms with Crippen LogP contribution in [-0.2, 0) is 0 Å². The highest BCUT2D eigenvalue weighted by molar-refractivity contribution is 5.47. The molecule has 0 saturated carbocycles. The summed E-state index contributed by atoms with van der Waals surface area (Å²) >= 11 is 0. The van der Waals surface area contributed by atoms with Crippen LogP contribution in [0, 0.1) is 0 Å². The number of nitrogen functional groups attached to an aromatic ring is 4. The Hall–Kier alpha value is -3.44. The maximum atomic E-state index is 10.6. The van der Waals surface area contributed by atoms with Crippen molar-refractivity contribution < 1.29 is 10.2 Å². The average molecular weight is 284 g/mol. The number of hydrogen-bond acceptors (Lipinski definition) is 10. The summed E-state index contributed by atoms with van der Waals surface area (Å²) in [7, 11) is 0. The predicted molar refractivity (Wildman–Crippen MR) is 70.7 cm³/mol. The van der Waals surface area contributed by atoms with E-state index in [4.69, 9.17) is 33.1 Å². The number of nitrogens with zero attached hydrogens (tertiary/aromatic N) is 2. The van der Waals surface area contributed by atoms with Crippen molar-refractivity contribution >= 4 is 23.3 Å². The second kappa shape index (κ2) is 5.47. The van der Waals surface area contributed by atoms with Gasteiger partial charge in [-0.1, -0.05) is 0 Å². The fraction of sp³-hybridized carbons (Fsp3) is 0. The van der Waals surface area contributed by atoms with Crippen LogP contribution in [0.4, 0.5) is 23.3 Å². The monoisotopic (exact) mass is 284 g/mol. The molecule has 0 aromatic carbocycles. The SMILES string of the molecule is Nc1nc(O)c(N)c(=O)[nH]1.Nc1nc(O)c(N)c(=O)[nH]1. The quantitative estimate of drug-likeness (QED) is 0.248. The minimum Gasteiger partial charge on any atom is -0.492 e. The molecule has 0 bridgehead atoms. The normalized spacial score (nSPS) is 9.60. The first-order valence-corrected chi connectivity index (χ1v) is 4.90. The second-order valence-electron chi connectivity index (χ2n) is 3.38. The van der Waals surface area contributed by atoms with Gasteiger partial charge >= 0.3 is 0 Å². The number of aromatic nitrogens is 4. The molecule has 0 spiro atoms. The lowest BCUT2D eigenvalue weighted by Gasteiger charge is -1.95. The molecule has 0 aliphatic carbocycles. The van der Waals surface area contributed by atoms with E-state index in [9.17, 15) is 9.59 Å². The van der Waals surface area contributed by atoms with Gasteiger partial charge in [0.05, 0.1) is 0 Å². The molecule has 12 heteroatoms. The molecule has 2 aromatic rings. The van der Waals surface area contributed by atoms with Crippen molar-refractivity contribution in [3.05, 3.63) is 20.7 Å². The average Bonchev–Trinajstić information content (AvgIpc) is 2.33. The van der Waals surface area contributed by atoms with Crippen LogP contribution in [0.15, 0.2) is 9.59 Å². The van der Waals surface area contributed by atoms with E-state index in [1.165, 1.54) is 0 Å². The third kappa shape index (κ3) is 3.28. The summed E-state index contributed by atoms with van der Waals surface area (Å²) in [5.41, 5.74) is 18.3. The first kappa shape index (κ1) is 14.6. The van der Waals surface area contributed by atoms with E-state index >= 15 is 0 Å². The molecule has 0 unspecified atom stereocenters. The molecule has 0 atom stereocenters. The van der Waals surface area contributed by atoms with Crippen molar-refractivity contribution in [1.29, 1.82) is 0 Å². The highest BCUT2D eigenvalue weighted by Crippen LogP contribution is 2.09. The van der Waals surface area contributed by atoms with Crippen LogP contribution in [0.2, 0.25) is 0 Å². The van der Waals surface area contributed by atoms with E-state index in [2.05, 4.69) is 19.9 Å². The Morgan fingerprint density at radius 3 is 1.30 bits per heavy atom. The molecule has 12 N–H and O–H groups in total. The standard InChI is InChI=1S/2C4H6N4O2/c2*5-1-2(9)7-4(6)8-3(1)10/h2*5H2,(H4,6,7,8,9,10). The van der Waals surface area contributed by atoms with E-state index in [1.54, 1.807) is 0 Å². The van der Waals surface area contributed by atoms with Gasteiger partial charge in [-0.3, -0.25) is 19.6 Å². The summed E-state index contributed by atoms with van der Waals surface area (Å²) < 4.78 is 0. The molecule has 2 aromatic heterocycles. The Labute approximate surface area is 110 Å². The van der Waals surface area contributed by atoms with E-state index in [0.717, 1.165) is 0 Å². The highest BCUT2D eigenvalue weighted by atomic mass is 16.3. The maximum Gasteiger partial charge on any atom is 0.279 e. The largest absolute Gasteiger partial charge is 0.492 e. The zero-order valence-corrected chi connectivity index (χ0v) is 9.91. The number of nitrogens with one attached hydrogen (secondary N) is 2. The molecule has 0 aliphatic heterocycles. The van der Waals surface area contributed by atoms with Crippen LogP contribution in [0.25, 0.3) is 0 Å². The number of aromatic amines is 2. The van der Waals surface area contributed by atoms with Gasteiger partial charge in [0, 0.05) is 0 Å². The molecule has 0 fully saturated rings. The maximum absolute atomic E-state index is 10.6. The summed E-state index contributed by atoms with van der Waals surface area (Å²) in [6.07, 6.45) is 0. The van der Waals surface area contributed by atoms with Crippen LogP contribution < -0.4 is 34.1 Å². The molecule has 20 heavy (non-hydrogen) atoms. The van der Waals surface area contributed by atoms with Crippen molar-refractivity contribution in [3.63, 3.8) is 0 Å². The fourth-order valence-corrected chi connectivity index (χ4v) is 0.975. The third-order valence-corrected chi connectivity index (χ3v) is 1.91. The van der Waals surface area contributed by atoms with Gasteiger partial charge in [-0.15, -0.1) is 0 Å². The van der Waals surface area contributed by atoms with Crippen molar-refractivity contribution in [3.8, 4) is 11.8 Å². The minimum atomic E-state index is -0.634. The van der Waals surface area contributed by atoms with Crippen molar-refractivity contribution in [2.45, 2.75) is 0 Å². The Morgan fingerprint density at radius 1 is 0.750 bits per heavy atom. The summed E-state index contributed by atoms with van der Waals surface area (Å²) in [5, 5.41) is 17.5. The molecule has 108 valence electrons. The number of hydrogen-bond donors (Lipinski definition) is 8. The molecule has 2 rings (SSSR count). The predicted octanol–water partition coefficient (Wildman–Crippen LogP) is -2.72.